The summed E-state index contributed by atoms with van der Waals surface area (Å²) in [6.07, 6.45) is 3.81. The first-order valence-electron chi connectivity index (χ1n) is 3.54. The topological polar surface area (TPSA) is 34.9 Å². The molecule has 0 unspecified atom stereocenters. The Morgan fingerprint density at radius 3 is 3.38 bits per heavy atom. The number of imidazole rings is 1. The minimum absolute atomic E-state index is 0.935. The van der Waals surface area contributed by atoms with E-state index < -0.39 is 12.8 Å². The van der Waals surface area contributed by atoms with Crippen LogP contribution in [0, 0.1) is 0 Å². The molecule has 0 bridgehead atoms. The molecule has 8 heavy (non-hydrogen) atoms. The highest BCUT2D eigenvalue weighted by Crippen LogP contribution is 1.82. The van der Waals surface area contributed by atoms with Gasteiger partial charge in [0, 0.05) is 23.4 Å². The predicted octanol–water partition coefficient (Wildman–Crippen LogP) is 0.543. The zero-order chi connectivity index (χ0) is 8.48. The lowest BCUT2D eigenvalue weighted by Crippen LogP contribution is -2.00. The van der Waals surface area contributed by atoms with E-state index in [-0.39, 0.29) is 0 Å². The van der Waals surface area contributed by atoms with Gasteiger partial charge in [-0.05, 0) is 0 Å². The molecule has 0 atom stereocenters. The van der Waals surface area contributed by atoms with Crippen LogP contribution < -0.4 is 0 Å². The Hall–Kier alpha value is -1.12. The third-order valence-electron chi connectivity index (χ3n) is 0.739. The van der Waals surface area contributed by atoms with Gasteiger partial charge in [-0.2, -0.15) is 0 Å². The van der Waals surface area contributed by atoms with Crippen molar-refractivity contribution in [3.8, 4) is 0 Å². The number of nitrogens with zero attached hydrogens (tertiary/aromatic N) is 2. The molecule has 0 radical (unpaired) electrons. The number of rotatable bonds is 0. The molecule has 0 amide bonds. The van der Waals surface area contributed by atoms with Crippen LogP contribution in [0.4, 0.5) is 0 Å². The van der Waals surface area contributed by atoms with Gasteiger partial charge in [-0.15, -0.1) is 0 Å². The van der Waals surface area contributed by atoms with E-state index in [1.54, 1.807) is 0 Å². The van der Waals surface area contributed by atoms with Crippen LogP contribution in [0.15, 0.2) is 18.7 Å². The van der Waals surface area contributed by atoms with Crippen LogP contribution in [0.25, 0.3) is 0 Å². The standard InChI is InChI=1S/C5H6N2O/c1-5(8)7-3-2-6-4-7/h2-4H,1H3/i1D3. The molecule has 42 valence electrons. The zero-order valence-electron chi connectivity index (χ0n) is 7.03. The van der Waals surface area contributed by atoms with Gasteiger partial charge in [-0.3, -0.25) is 9.36 Å². The van der Waals surface area contributed by atoms with Crippen LogP contribution >= 0.6 is 0 Å². The fourth-order valence-corrected chi connectivity index (χ4v) is 0.379. The van der Waals surface area contributed by atoms with Gasteiger partial charge in [0.1, 0.15) is 6.33 Å². The summed E-state index contributed by atoms with van der Waals surface area (Å²) in [7, 11) is 0. The molecular formula is C5H6N2O. The lowest BCUT2D eigenvalue weighted by atomic mass is 10.7. The van der Waals surface area contributed by atoms with Crippen LogP contribution in [-0.2, 0) is 0 Å². The van der Waals surface area contributed by atoms with Crippen molar-refractivity contribution in [1.82, 2.24) is 9.55 Å². The van der Waals surface area contributed by atoms with Crippen LogP contribution in [0.1, 0.15) is 15.8 Å². The Morgan fingerprint density at radius 2 is 2.88 bits per heavy atom. The SMILES string of the molecule is [2H]C([2H])([2H])C(=O)n1ccnc1. The van der Waals surface area contributed by atoms with Crippen LogP contribution in [0.2, 0.25) is 0 Å². The highest BCUT2D eigenvalue weighted by Gasteiger charge is 1.90. The van der Waals surface area contributed by atoms with E-state index in [0.29, 0.717) is 0 Å². The van der Waals surface area contributed by atoms with Crippen LogP contribution in [0.3, 0.4) is 0 Å². The first kappa shape index (κ1) is 2.44. The highest BCUT2D eigenvalue weighted by atomic mass is 16.1. The lowest BCUT2D eigenvalue weighted by molar-refractivity contribution is 0.0936. The fourth-order valence-electron chi connectivity index (χ4n) is 0.379. The Balaban J connectivity index is 2.88. The van der Waals surface area contributed by atoms with E-state index in [0.717, 1.165) is 10.9 Å². The van der Waals surface area contributed by atoms with Gasteiger partial charge in [-0.1, -0.05) is 0 Å². The van der Waals surface area contributed by atoms with Gasteiger partial charge in [-0.25, -0.2) is 4.98 Å². The van der Waals surface area contributed by atoms with Crippen molar-refractivity contribution in [2.45, 2.75) is 6.85 Å². The van der Waals surface area contributed by atoms with Gasteiger partial charge in [0.05, 0.1) is 0 Å². The molecule has 0 aliphatic heterocycles. The maximum absolute atomic E-state index is 10.9. The molecule has 0 aliphatic rings. The third kappa shape index (κ3) is 0.753. The summed E-state index contributed by atoms with van der Waals surface area (Å²) in [5.74, 6) is -0.935. The third-order valence-corrected chi connectivity index (χ3v) is 0.739. The molecule has 3 heteroatoms. The summed E-state index contributed by atoms with van der Waals surface area (Å²) in [5, 5.41) is 0. The molecule has 3 nitrogen and oxygen atoms in total. The van der Waals surface area contributed by atoms with Crippen LogP contribution in [0.5, 0.6) is 0 Å². The summed E-state index contributed by atoms with van der Waals surface area (Å²) >= 11 is 0. The molecule has 0 saturated heterocycles. The van der Waals surface area contributed by atoms with Gasteiger partial charge in [0.25, 0.3) is 0 Å². The van der Waals surface area contributed by atoms with E-state index in [1.807, 2.05) is 0 Å². The Labute approximate surface area is 51.2 Å². The average Bonchev–Trinajstić information content (AvgIpc) is 2.34. The van der Waals surface area contributed by atoms with E-state index in [9.17, 15) is 4.79 Å². The Kier molecular flexibility index (Phi) is 0.541. The van der Waals surface area contributed by atoms with Crippen molar-refractivity contribution in [3.05, 3.63) is 18.7 Å². The minimum Gasteiger partial charge on any atom is -0.277 e. The maximum atomic E-state index is 10.9. The number of carbonyl (C=O) groups is 1. The molecule has 0 aliphatic carbocycles. The van der Waals surface area contributed by atoms with E-state index >= 15 is 0 Å². The predicted molar refractivity (Wildman–Crippen MR) is 28.5 cm³/mol. The molecule has 0 fully saturated rings. The smallest absolute Gasteiger partial charge is 0.228 e. The first-order valence-corrected chi connectivity index (χ1v) is 2.04. The molecule has 1 rings (SSSR count). The number of carbonyl (C=O) groups excluding carboxylic acids is 1. The monoisotopic (exact) mass is 113 g/mol. The second-order valence-corrected chi connectivity index (χ2v) is 1.28. The van der Waals surface area contributed by atoms with Crippen molar-refractivity contribution in [2.75, 3.05) is 0 Å². The molecule has 0 N–H and O–H groups in total. The highest BCUT2D eigenvalue weighted by molar-refractivity contribution is 5.75. The Bertz CT molecular complexity index is 251. The average molecular weight is 113 g/mol. The quantitative estimate of drug-likeness (QED) is 0.492. The lowest BCUT2D eigenvalue weighted by Gasteiger charge is -1.87. The van der Waals surface area contributed by atoms with E-state index in [1.165, 1.54) is 12.4 Å². The van der Waals surface area contributed by atoms with Crippen LogP contribution in [-0.4, -0.2) is 15.5 Å². The van der Waals surface area contributed by atoms with E-state index in [2.05, 4.69) is 4.98 Å². The molecule has 0 aromatic carbocycles. The molecule has 1 aromatic rings. The summed E-state index contributed by atoms with van der Waals surface area (Å²) in [4.78, 5) is 14.4. The molecular weight excluding hydrogens is 104 g/mol. The molecule has 1 aromatic heterocycles. The van der Waals surface area contributed by atoms with Crippen molar-refractivity contribution >= 4 is 5.91 Å². The van der Waals surface area contributed by atoms with Crippen molar-refractivity contribution < 1.29 is 8.91 Å². The maximum Gasteiger partial charge on any atom is 0.228 e. The second kappa shape index (κ2) is 1.78. The van der Waals surface area contributed by atoms with Gasteiger partial charge in [0.15, 0.2) is 0 Å². The van der Waals surface area contributed by atoms with Gasteiger partial charge >= 0.3 is 0 Å². The van der Waals surface area contributed by atoms with Gasteiger partial charge in [0.2, 0.25) is 5.91 Å². The fraction of sp³-hybridized carbons (Fsp3) is 0.200. The molecule has 0 spiro atoms. The number of hydrogen-bond donors (Lipinski definition) is 0. The van der Waals surface area contributed by atoms with Crippen molar-refractivity contribution in [1.29, 1.82) is 0 Å². The zero-order valence-corrected chi connectivity index (χ0v) is 4.03. The number of hydrogen-bond acceptors (Lipinski definition) is 2. The minimum atomic E-state index is -2.58. The summed E-state index contributed by atoms with van der Waals surface area (Å²) in [6, 6.07) is 0. The first-order chi connectivity index (χ1) is 5.02. The molecule has 0 saturated carbocycles. The van der Waals surface area contributed by atoms with Gasteiger partial charge < -0.3 is 0 Å². The summed E-state index contributed by atoms with van der Waals surface area (Å²) in [5.41, 5.74) is 0. The van der Waals surface area contributed by atoms with Crippen molar-refractivity contribution in [2.24, 2.45) is 0 Å². The summed E-state index contributed by atoms with van der Waals surface area (Å²) < 4.78 is 21.2. The molecule has 1 heterocycles. The number of aromatic nitrogens is 2. The Morgan fingerprint density at radius 1 is 2.00 bits per heavy atom. The largest absolute Gasteiger partial charge is 0.277 e. The summed E-state index contributed by atoms with van der Waals surface area (Å²) in [6.45, 7) is -2.58. The normalized spacial score (nSPS) is 16.2. The second-order valence-electron chi connectivity index (χ2n) is 1.28. The van der Waals surface area contributed by atoms with Crippen molar-refractivity contribution in [3.63, 3.8) is 0 Å². The van der Waals surface area contributed by atoms with E-state index in [4.69, 9.17) is 4.11 Å².